The molecule has 0 aliphatic carbocycles. The molecule has 2 nitrogen and oxygen atoms in total. The maximum atomic E-state index is 8.76. The van der Waals surface area contributed by atoms with Crippen LogP contribution in [0.2, 0.25) is 0 Å². The highest BCUT2D eigenvalue weighted by Crippen LogP contribution is 2.22. The highest BCUT2D eigenvalue weighted by molar-refractivity contribution is 5.17. The van der Waals surface area contributed by atoms with Gasteiger partial charge in [0.15, 0.2) is 0 Å². The third-order valence-electron chi connectivity index (χ3n) is 2.40. The number of rotatable bonds is 7. The molecule has 0 aliphatic heterocycles. The summed E-state index contributed by atoms with van der Waals surface area (Å²) in [4.78, 5) is 0. The normalized spacial score (nSPS) is 12.7. The Morgan fingerprint density at radius 3 is 2.60 bits per heavy atom. The van der Waals surface area contributed by atoms with Crippen molar-refractivity contribution in [1.29, 1.82) is 0 Å². The van der Waals surface area contributed by atoms with E-state index in [0.717, 1.165) is 12.8 Å². The molecule has 1 rings (SSSR count). The third-order valence-corrected chi connectivity index (χ3v) is 2.40. The van der Waals surface area contributed by atoms with E-state index < -0.39 is 0 Å². The van der Waals surface area contributed by atoms with Crippen LogP contribution >= 0.6 is 0 Å². The van der Waals surface area contributed by atoms with Crippen molar-refractivity contribution < 1.29 is 9.84 Å². The zero-order valence-corrected chi connectivity index (χ0v) is 9.36. The predicted octanol–water partition coefficient (Wildman–Crippen LogP) is 2.93. The number of ether oxygens (including phenoxy) is 1. The maximum Gasteiger partial charge on any atom is 0.0826 e. The van der Waals surface area contributed by atoms with Crippen LogP contribution in [-0.4, -0.2) is 18.3 Å². The molecule has 0 amide bonds. The lowest BCUT2D eigenvalue weighted by Gasteiger charge is -2.17. The van der Waals surface area contributed by atoms with Gasteiger partial charge in [-0.2, -0.15) is 0 Å². The van der Waals surface area contributed by atoms with Crippen molar-refractivity contribution in [2.45, 2.75) is 32.3 Å². The van der Waals surface area contributed by atoms with Crippen molar-refractivity contribution in [3.63, 3.8) is 0 Å². The Hall–Kier alpha value is -0.860. The first-order valence-electron chi connectivity index (χ1n) is 5.66. The third kappa shape index (κ3) is 4.45. The molecular formula is C13H20O2. The second-order valence-electron chi connectivity index (χ2n) is 3.64. The minimum Gasteiger partial charge on any atom is -0.394 e. The van der Waals surface area contributed by atoms with Crippen molar-refractivity contribution in [2.75, 3.05) is 13.2 Å². The van der Waals surface area contributed by atoms with Gasteiger partial charge < -0.3 is 9.84 Å². The number of aliphatic hydroxyl groups excluding tert-OH is 1. The first kappa shape index (κ1) is 12.2. The summed E-state index contributed by atoms with van der Waals surface area (Å²) in [6.45, 7) is 2.69. The van der Waals surface area contributed by atoms with Crippen LogP contribution in [0, 0.1) is 0 Å². The van der Waals surface area contributed by atoms with Crippen LogP contribution < -0.4 is 0 Å². The highest BCUT2D eigenvalue weighted by atomic mass is 16.5. The topological polar surface area (TPSA) is 29.5 Å². The monoisotopic (exact) mass is 208 g/mol. The first-order chi connectivity index (χ1) is 7.38. The Morgan fingerprint density at radius 1 is 1.27 bits per heavy atom. The van der Waals surface area contributed by atoms with Gasteiger partial charge in [-0.25, -0.2) is 0 Å². The van der Waals surface area contributed by atoms with Gasteiger partial charge in [-0.15, -0.1) is 0 Å². The molecule has 0 heterocycles. The molecule has 1 aromatic rings. The second kappa shape index (κ2) is 7.43. The molecule has 1 atom stereocenters. The molecule has 0 saturated carbocycles. The molecule has 2 heteroatoms. The SMILES string of the molecule is CCCCC(OCCO)c1ccccc1. The Labute approximate surface area is 91.9 Å². The lowest BCUT2D eigenvalue weighted by Crippen LogP contribution is -2.08. The number of unbranched alkanes of at least 4 members (excludes halogenated alkanes) is 1. The van der Waals surface area contributed by atoms with Crippen LogP contribution in [0.3, 0.4) is 0 Å². The minimum atomic E-state index is 0.0927. The fourth-order valence-corrected chi connectivity index (χ4v) is 1.60. The van der Waals surface area contributed by atoms with Gasteiger partial charge >= 0.3 is 0 Å². The lowest BCUT2D eigenvalue weighted by molar-refractivity contribution is 0.0218. The molecule has 1 unspecified atom stereocenters. The van der Waals surface area contributed by atoms with E-state index in [4.69, 9.17) is 9.84 Å². The molecule has 0 aliphatic rings. The Bertz CT molecular complexity index is 238. The number of benzene rings is 1. The van der Waals surface area contributed by atoms with Crippen LogP contribution in [0.1, 0.15) is 37.9 Å². The zero-order chi connectivity index (χ0) is 10.9. The summed E-state index contributed by atoms with van der Waals surface area (Å²) >= 11 is 0. The van der Waals surface area contributed by atoms with Gasteiger partial charge in [0, 0.05) is 0 Å². The van der Waals surface area contributed by atoms with Crippen LogP contribution in [0.25, 0.3) is 0 Å². The van der Waals surface area contributed by atoms with Gasteiger partial charge in [0.25, 0.3) is 0 Å². The van der Waals surface area contributed by atoms with E-state index in [2.05, 4.69) is 19.1 Å². The van der Waals surface area contributed by atoms with Crippen molar-refractivity contribution in [3.05, 3.63) is 35.9 Å². The average molecular weight is 208 g/mol. The first-order valence-corrected chi connectivity index (χ1v) is 5.66. The molecule has 0 aromatic heterocycles. The summed E-state index contributed by atoms with van der Waals surface area (Å²) in [5, 5.41) is 8.76. The molecule has 1 N–H and O–H groups in total. The molecule has 15 heavy (non-hydrogen) atoms. The Morgan fingerprint density at radius 2 is 2.00 bits per heavy atom. The summed E-state index contributed by atoms with van der Waals surface area (Å²) in [6.07, 6.45) is 3.50. The zero-order valence-electron chi connectivity index (χ0n) is 9.36. The van der Waals surface area contributed by atoms with Crippen LogP contribution in [-0.2, 0) is 4.74 Å². The van der Waals surface area contributed by atoms with E-state index in [1.54, 1.807) is 0 Å². The molecule has 0 spiro atoms. The van der Waals surface area contributed by atoms with Gasteiger partial charge in [0.2, 0.25) is 0 Å². The number of aliphatic hydroxyl groups is 1. The fourth-order valence-electron chi connectivity index (χ4n) is 1.60. The quantitative estimate of drug-likeness (QED) is 0.746. The van der Waals surface area contributed by atoms with Gasteiger partial charge in [-0.1, -0.05) is 50.1 Å². The summed E-state index contributed by atoms with van der Waals surface area (Å²) in [6, 6.07) is 10.2. The lowest BCUT2D eigenvalue weighted by atomic mass is 10.0. The van der Waals surface area contributed by atoms with Crippen LogP contribution in [0.5, 0.6) is 0 Å². The highest BCUT2D eigenvalue weighted by Gasteiger charge is 2.10. The minimum absolute atomic E-state index is 0.0927. The summed E-state index contributed by atoms with van der Waals surface area (Å²) in [5.41, 5.74) is 1.21. The largest absolute Gasteiger partial charge is 0.394 e. The summed E-state index contributed by atoms with van der Waals surface area (Å²) in [7, 11) is 0. The Kier molecular flexibility index (Phi) is 6.05. The number of hydrogen-bond acceptors (Lipinski definition) is 2. The summed E-state index contributed by atoms with van der Waals surface area (Å²) < 4.78 is 5.63. The van der Waals surface area contributed by atoms with E-state index in [-0.39, 0.29) is 12.7 Å². The van der Waals surface area contributed by atoms with E-state index in [9.17, 15) is 0 Å². The van der Waals surface area contributed by atoms with E-state index in [1.807, 2.05) is 18.2 Å². The van der Waals surface area contributed by atoms with Crippen molar-refractivity contribution >= 4 is 0 Å². The molecule has 0 saturated heterocycles. The van der Waals surface area contributed by atoms with E-state index >= 15 is 0 Å². The van der Waals surface area contributed by atoms with E-state index in [0.29, 0.717) is 6.61 Å². The maximum absolute atomic E-state index is 8.76. The van der Waals surface area contributed by atoms with Crippen molar-refractivity contribution in [3.8, 4) is 0 Å². The molecule has 0 fully saturated rings. The van der Waals surface area contributed by atoms with Gasteiger partial charge in [-0.05, 0) is 12.0 Å². The van der Waals surface area contributed by atoms with E-state index in [1.165, 1.54) is 12.0 Å². The second-order valence-corrected chi connectivity index (χ2v) is 3.64. The predicted molar refractivity (Wildman–Crippen MR) is 61.7 cm³/mol. The average Bonchev–Trinajstić information content (AvgIpc) is 2.30. The van der Waals surface area contributed by atoms with Gasteiger partial charge in [0.1, 0.15) is 0 Å². The van der Waals surface area contributed by atoms with Gasteiger partial charge in [-0.3, -0.25) is 0 Å². The van der Waals surface area contributed by atoms with Crippen molar-refractivity contribution in [1.82, 2.24) is 0 Å². The molecule has 0 bridgehead atoms. The van der Waals surface area contributed by atoms with Gasteiger partial charge in [0.05, 0.1) is 19.3 Å². The van der Waals surface area contributed by atoms with Crippen molar-refractivity contribution in [2.24, 2.45) is 0 Å². The van der Waals surface area contributed by atoms with Crippen LogP contribution in [0.4, 0.5) is 0 Å². The van der Waals surface area contributed by atoms with Crippen LogP contribution in [0.15, 0.2) is 30.3 Å². The molecule has 0 radical (unpaired) electrons. The smallest absolute Gasteiger partial charge is 0.0826 e. The molecule has 84 valence electrons. The fraction of sp³-hybridized carbons (Fsp3) is 0.538. The number of hydrogen-bond donors (Lipinski definition) is 1. The standard InChI is InChI=1S/C13H20O2/c1-2-3-9-13(15-11-10-14)12-7-5-4-6-8-12/h4-8,13-14H,2-3,9-11H2,1H3. The molecule has 1 aromatic carbocycles. The summed E-state index contributed by atoms with van der Waals surface area (Å²) in [5.74, 6) is 0. The molecular weight excluding hydrogens is 188 g/mol. The Balaban J connectivity index is 2.55.